The topological polar surface area (TPSA) is 57.5 Å². The molecule has 3 rings (SSSR count). The SMILES string of the molecule is O=C1c2ccccc2-c2c1ccc(O)c2O. The first-order chi connectivity index (χ1) is 7.70. The van der Waals surface area contributed by atoms with Gasteiger partial charge in [0, 0.05) is 16.7 Å². The molecule has 0 aliphatic heterocycles. The van der Waals surface area contributed by atoms with Gasteiger partial charge in [0.1, 0.15) is 0 Å². The molecular weight excluding hydrogens is 204 g/mol. The number of benzene rings is 2. The molecule has 16 heavy (non-hydrogen) atoms. The number of phenols is 2. The molecule has 2 aromatic rings. The summed E-state index contributed by atoms with van der Waals surface area (Å²) in [7, 11) is 0. The molecule has 0 aromatic heterocycles. The first-order valence-corrected chi connectivity index (χ1v) is 4.89. The molecule has 0 saturated carbocycles. The van der Waals surface area contributed by atoms with E-state index in [1.54, 1.807) is 24.3 Å². The number of aromatic hydroxyl groups is 2. The number of carbonyl (C=O) groups is 1. The maximum Gasteiger partial charge on any atom is 0.194 e. The van der Waals surface area contributed by atoms with Gasteiger partial charge in [-0.2, -0.15) is 0 Å². The molecule has 0 heterocycles. The van der Waals surface area contributed by atoms with E-state index >= 15 is 0 Å². The number of fused-ring (bicyclic) bond motifs is 3. The lowest BCUT2D eigenvalue weighted by Gasteiger charge is -2.04. The summed E-state index contributed by atoms with van der Waals surface area (Å²) >= 11 is 0. The maximum absolute atomic E-state index is 12.0. The van der Waals surface area contributed by atoms with Crippen molar-refractivity contribution in [2.45, 2.75) is 0 Å². The van der Waals surface area contributed by atoms with Crippen molar-refractivity contribution in [2.24, 2.45) is 0 Å². The van der Waals surface area contributed by atoms with Gasteiger partial charge in [-0.3, -0.25) is 4.79 Å². The Morgan fingerprint density at radius 1 is 0.812 bits per heavy atom. The number of rotatable bonds is 0. The van der Waals surface area contributed by atoms with Gasteiger partial charge in [-0.05, 0) is 17.7 Å². The minimum atomic E-state index is -0.226. The predicted octanol–water partition coefficient (Wildman–Crippen LogP) is 2.31. The minimum Gasteiger partial charge on any atom is -0.504 e. The molecule has 0 amide bonds. The molecule has 0 fully saturated rings. The molecule has 0 radical (unpaired) electrons. The molecule has 2 aromatic carbocycles. The van der Waals surface area contributed by atoms with Crippen molar-refractivity contribution in [2.75, 3.05) is 0 Å². The lowest BCUT2D eigenvalue weighted by molar-refractivity contribution is 0.104. The lowest BCUT2D eigenvalue weighted by Crippen LogP contribution is -1.93. The Labute approximate surface area is 91.6 Å². The summed E-state index contributed by atoms with van der Waals surface area (Å²) in [6, 6.07) is 9.92. The van der Waals surface area contributed by atoms with E-state index in [2.05, 4.69) is 0 Å². The summed E-state index contributed by atoms with van der Waals surface area (Å²) < 4.78 is 0. The van der Waals surface area contributed by atoms with Crippen LogP contribution in [0.1, 0.15) is 15.9 Å². The third-order valence-electron chi connectivity index (χ3n) is 2.84. The molecule has 1 aliphatic carbocycles. The van der Waals surface area contributed by atoms with Gasteiger partial charge in [-0.1, -0.05) is 24.3 Å². The molecule has 0 bridgehead atoms. The van der Waals surface area contributed by atoms with Gasteiger partial charge < -0.3 is 10.2 Å². The Morgan fingerprint density at radius 2 is 1.50 bits per heavy atom. The Bertz CT molecular complexity index is 615. The van der Waals surface area contributed by atoms with E-state index in [0.717, 1.165) is 0 Å². The summed E-state index contributed by atoms with van der Waals surface area (Å²) in [5, 5.41) is 19.2. The molecule has 0 spiro atoms. The molecule has 0 saturated heterocycles. The van der Waals surface area contributed by atoms with Crippen LogP contribution in [-0.4, -0.2) is 16.0 Å². The maximum atomic E-state index is 12.0. The van der Waals surface area contributed by atoms with Crippen molar-refractivity contribution in [3.05, 3.63) is 47.5 Å². The van der Waals surface area contributed by atoms with Gasteiger partial charge in [0.15, 0.2) is 17.3 Å². The molecular formula is C13H8O3. The Kier molecular flexibility index (Phi) is 1.60. The van der Waals surface area contributed by atoms with Crippen LogP contribution in [0.5, 0.6) is 11.5 Å². The highest BCUT2D eigenvalue weighted by molar-refractivity contribution is 6.22. The second-order valence-electron chi connectivity index (χ2n) is 3.73. The molecule has 78 valence electrons. The summed E-state index contributed by atoms with van der Waals surface area (Å²) in [6.07, 6.45) is 0. The number of ketones is 1. The zero-order valence-corrected chi connectivity index (χ0v) is 8.27. The highest BCUT2D eigenvalue weighted by Gasteiger charge is 2.29. The van der Waals surface area contributed by atoms with Crippen LogP contribution >= 0.6 is 0 Å². The zero-order valence-electron chi connectivity index (χ0n) is 8.27. The van der Waals surface area contributed by atoms with Crippen molar-refractivity contribution in [3.63, 3.8) is 0 Å². The first kappa shape index (κ1) is 8.97. The highest BCUT2D eigenvalue weighted by atomic mass is 16.3. The summed E-state index contributed by atoms with van der Waals surface area (Å²) in [4.78, 5) is 12.0. The smallest absolute Gasteiger partial charge is 0.194 e. The van der Waals surface area contributed by atoms with Crippen molar-refractivity contribution in [3.8, 4) is 22.6 Å². The van der Waals surface area contributed by atoms with Crippen LogP contribution in [-0.2, 0) is 0 Å². The van der Waals surface area contributed by atoms with E-state index < -0.39 is 0 Å². The Hall–Kier alpha value is -2.29. The van der Waals surface area contributed by atoms with E-state index in [-0.39, 0.29) is 17.3 Å². The van der Waals surface area contributed by atoms with Crippen LogP contribution < -0.4 is 0 Å². The quantitative estimate of drug-likeness (QED) is 0.562. The molecule has 3 nitrogen and oxygen atoms in total. The summed E-state index contributed by atoms with van der Waals surface area (Å²) in [5.41, 5.74) is 2.12. The van der Waals surface area contributed by atoms with Crippen LogP contribution in [0, 0.1) is 0 Å². The fraction of sp³-hybridized carbons (Fsp3) is 0. The van der Waals surface area contributed by atoms with Crippen molar-refractivity contribution in [1.82, 2.24) is 0 Å². The van der Waals surface area contributed by atoms with E-state index in [4.69, 9.17) is 0 Å². The third-order valence-corrected chi connectivity index (χ3v) is 2.84. The first-order valence-electron chi connectivity index (χ1n) is 4.89. The average Bonchev–Trinajstić information content (AvgIpc) is 2.59. The highest BCUT2D eigenvalue weighted by Crippen LogP contribution is 2.45. The fourth-order valence-electron chi connectivity index (χ4n) is 2.09. The number of hydrogen-bond acceptors (Lipinski definition) is 3. The number of hydrogen-bond donors (Lipinski definition) is 2. The molecule has 0 unspecified atom stereocenters. The monoisotopic (exact) mass is 212 g/mol. The Balaban J connectivity index is 2.44. The number of carbonyl (C=O) groups excluding carboxylic acids is 1. The molecule has 1 aliphatic rings. The van der Waals surface area contributed by atoms with E-state index in [1.807, 2.05) is 0 Å². The van der Waals surface area contributed by atoms with Crippen molar-refractivity contribution < 1.29 is 15.0 Å². The van der Waals surface area contributed by atoms with E-state index in [9.17, 15) is 15.0 Å². The number of phenolic OH excluding ortho intramolecular Hbond substituents is 2. The van der Waals surface area contributed by atoms with Gasteiger partial charge >= 0.3 is 0 Å². The molecule has 2 N–H and O–H groups in total. The standard InChI is InChI=1S/C13H8O3/c14-10-6-5-9-11(13(10)16)7-3-1-2-4-8(7)12(9)15/h1-6,14,16H. The van der Waals surface area contributed by atoms with Gasteiger partial charge in [-0.15, -0.1) is 0 Å². The Morgan fingerprint density at radius 3 is 2.25 bits per heavy atom. The molecule has 3 heteroatoms. The third kappa shape index (κ3) is 0.945. The van der Waals surface area contributed by atoms with Crippen LogP contribution in [0.2, 0.25) is 0 Å². The fourth-order valence-corrected chi connectivity index (χ4v) is 2.09. The van der Waals surface area contributed by atoms with Crippen LogP contribution in [0.3, 0.4) is 0 Å². The normalized spacial score (nSPS) is 12.4. The minimum absolute atomic E-state index is 0.110. The van der Waals surface area contributed by atoms with Gasteiger partial charge in [-0.25, -0.2) is 0 Å². The zero-order chi connectivity index (χ0) is 11.3. The van der Waals surface area contributed by atoms with Crippen LogP contribution in [0.25, 0.3) is 11.1 Å². The van der Waals surface area contributed by atoms with Crippen molar-refractivity contribution in [1.29, 1.82) is 0 Å². The van der Waals surface area contributed by atoms with Crippen LogP contribution in [0.15, 0.2) is 36.4 Å². The summed E-state index contributed by atoms with van der Waals surface area (Å²) in [6.45, 7) is 0. The van der Waals surface area contributed by atoms with Gasteiger partial charge in [0.25, 0.3) is 0 Å². The molecule has 0 atom stereocenters. The van der Waals surface area contributed by atoms with Crippen LogP contribution in [0.4, 0.5) is 0 Å². The van der Waals surface area contributed by atoms with Gasteiger partial charge in [0.05, 0.1) is 0 Å². The van der Waals surface area contributed by atoms with E-state index in [1.165, 1.54) is 12.1 Å². The van der Waals surface area contributed by atoms with Crippen molar-refractivity contribution >= 4 is 5.78 Å². The average molecular weight is 212 g/mol. The lowest BCUT2D eigenvalue weighted by atomic mass is 10.0. The van der Waals surface area contributed by atoms with Gasteiger partial charge in [0.2, 0.25) is 0 Å². The second kappa shape index (κ2) is 2.85. The largest absolute Gasteiger partial charge is 0.504 e. The second-order valence-corrected chi connectivity index (χ2v) is 3.73. The predicted molar refractivity (Wildman–Crippen MR) is 58.6 cm³/mol. The summed E-state index contributed by atoms with van der Waals surface area (Å²) in [5.74, 6) is -0.542. The van der Waals surface area contributed by atoms with E-state index in [0.29, 0.717) is 22.3 Å².